The van der Waals surface area contributed by atoms with Gasteiger partial charge in [-0.15, -0.1) is 0 Å². The van der Waals surface area contributed by atoms with Crippen molar-refractivity contribution in [3.8, 4) is 0 Å². The smallest absolute Gasteiger partial charge is 0.315 e. The van der Waals surface area contributed by atoms with Crippen LogP contribution >= 0.6 is 0 Å². The Labute approximate surface area is 104 Å². The molecule has 1 saturated heterocycles. The topological polar surface area (TPSA) is 53.2 Å². The summed E-state index contributed by atoms with van der Waals surface area (Å²) < 4.78 is 0. The van der Waals surface area contributed by atoms with Gasteiger partial charge in [-0.25, -0.2) is 4.79 Å². The molecule has 1 unspecified atom stereocenters. The maximum Gasteiger partial charge on any atom is 0.315 e. The third kappa shape index (κ3) is 3.87. The molecule has 2 amide bonds. The molecule has 1 aliphatic heterocycles. The lowest BCUT2D eigenvalue weighted by molar-refractivity contribution is 0.228. The molecule has 2 fully saturated rings. The second-order valence-corrected chi connectivity index (χ2v) is 5.75. The van der Waals surface area contributed by atoms with E-state index in [1.165, 1.54) is 25.7 Å². The van der Waals surface area contributed by atoms with Crippen LogP contribution < -0.4 is 16.0 Å². The zero-order valence-electron chi connectivity index (χ0n) is 10.8. The summed E-state index contributed by atoms with van der Waals surface area (Å²) in [6, 6.07) is 0.403. The van der Waals surface area contributed by atoms with Crippen molar-refractivity contribution in [1.82, 2.24) is 16.0 Å². The minimum absolute atomic E-state index is 0.00632. The standard InChI is InChI=1S/C13H25N3O/c1-13(8-5-9-15-13)10-14-12(17)16-11-6-3-2-4-7-11/h11,15H,2-10H2,1H3,(H2,14,16,17). The fraction of sp³-hybridized carbons (Fsp3) is 0.923. The van der Waals surface area contributed by atoms with E-state index in [0.29, 0.717) is 6.04 Å². The molecular formula is C13H25N3O. The first kappa shape index (κ1) is 12.7. The summed E-state index contributed by atoms with van der Waals surface area (Å²) in [5.74, 6) is 0. The highest BCUT2D eigenvalue weighted by atomic mass is 16.2. The van der Waals surface area contributed by atoms with E-state index in [1.54, 1.807) is 0 Å². The summed E-state index contributed by atoms with van der Waals surface area (Å²) in [6.07, 6.45) is 8.47. The second-order valence-electron chi connectivity index (χ2n) is 5.75. The number of nitrogens with one attached hydrogen (secondary N) is 3. The summed E-state index contributed by atoms with van der Waals surface area (Å²) in [6.45, 7) is 3.98. The van der Waals surface area contributed by atoms with Crippen molar-refractivity contribution < 1.29 is 4.79 Å². The zero-order valence-corrected chi connectivity index (χ0v) is 10.8. The van der Waals surface area contributed by atoms with Crippen LogP contribution in [-0.2, 0) is 0 Å². The molecule has 1 heterocycles. The van der Waals surface area contributed by atoms with Crippen molar-refractivity contribution in [2.75, 3.05) is 13.1 Å². The first-order valence-electron chi connectivity index (χ1n) is 6.97. The van der Waals surface area contributed by atoms with Gasteiger partial charge in [0.15, 0.2) is 0 Å². The summed E-state index contributed by atoms with van der Waals surface area (Å²) >= 11 is 0. The van der Waals surface area contributed by atoms with Crippen molar-refractivity contribution in [1.29, 1.82) is 0 Å². The summed E-state index contributed by atoms with van der Waals surface area (Å²) in [7, 11) is 0. The summed E-state index contributed by atoms with van der Waals surface area (Å²) in [5, 5.41) is 9.53. The van der Waals surface area contributed by atoms with Crippen LogP contribution in [0.4, 0.5) is 4.79 Å². The van der Waals surface area contributed by atoms with Gasteiger partial charge in [0.1, 0.15) is 0 Å². The van der Waals surface area contributed by atoms with Crippen molar-refractivity contribution in [3.05, 3.63) is 0 Å². The minimum Gasteiger partial charge on any atom is -0.336 e. The van der Waals surface area contributed by atoms with Crippen LogP contribution in [-0.4, -0.2) is 30.7 Å². The van der Waals surface area contributed by atoms with Gasteiger partial charge in [0.2, 0.25) is 0 Å². The van der Waals surface area contributed by atoms with Crippen molar-refractivity contribution in [2.24, 2.45) is 0 Å². The monoisotopic (exact) mass is 239 g/mol. The highest BCUT2D eigenvalue weighted by Crippen LogP contribution is 2.18. The Morgan fingerprint density at radius 3 is 2.71 bits per heavy atom. The molecule has 1 saturated carbocycles. The van der Waals surface area contributed by atoms with E-state index in [9.17, 15) is 4.79 Å². The third-order valence-electron chi connectivity index (χ3n) is 4.04. The van der Waals surface area contributed by atoms with Crippen LogP contribution in [0.3, 0.4) is 0 Å². The van der Waals surface area contributed by atoms with Gasteiger partial charge in [-0.2, -0.15) is 0 Å². The Bertz CT molecular complexity index is 255. The first-order chi connectivity index (χ1) is 8.18. The number of hydrogen-bond donors (Lipinski definition) is 3. The van der Waals surface area contributed by atoms with Crippen LogP contribution in [0.2, 0.25) is 0 Å². The van der Waals surface area contributed by atoms with Gasteiger partial charge in [-0.05, 0) is 39.2 Å². The van der Waals surface area contributed by atoms with E-state index in [0.717, 1.165) is 32.4 Å². The van der Waals surface area contributed by atoms with Gasteiger partial charge in [0, 0.05) is 18.1 Å². The molecule has 0 radical (unpaired) electrons. The van der Waals surface area contributed by atoms with E-state index in [2.05, 4.69) is 22.9 Å². The Hall–Kier alpha value is -0.770. The summed E-state index contributed by atoms with van der Waals surface area (Å²) in [4.78, 5) is 11.8. The molecule has 0 bridgehead atoms. The van der Waals surface area contributed by atoms with E-state index in [4.69, 9.17) is 0 Å². The Kier molecular flexibility index (Phi) is 4.26. The fourth-order valence-electron chi connectivity index (χ4n) is 2.87. The van der Waals surface area contributed by atoms with Crippen molar-refractivity contribution >= 4 is 6.03 Å². The second kappa shape index (κ2) is 5.71. The molecule has 0 aromatic rings. The largest absolute Gasteiger partial charge is 0.336 e. The van der Waals surface area contributed by atoms with Gasteiger partial charge in [-0.3, -0.25) is 0 Å². The van der Waals surface area contributed by atoms with Gasteiger partial charge in [0.25, 0.3) is 0 Å². The van der Waals surface area contributed by atoms with E-state index in [-0.39, 0.29) is 11.6 Å². The summed E-state index contributed by atoms with van der Waals surface area (Å²) in [5.41, 5.74) is 0.101. The maximum absolute atomic E-state index is 11.8. The SMILES string of the molecule is CC1(CNC(=O)NC2CCCCC2)CCCN1. The average Bonchev–Trinajstić information content (AvgIpc) is 2.76. The predicted octanol–water partition coefficient (Wildman–Crippen LogP) is 1.76. The number of urea groups is 1. The molecule has 98 valence electrons. The molecule has 4 heteroatoms. The van der Waals surface area contributed by atoms with Gasteiger partial charge >= 0.3 is 6.03 Å². The third-order valence-corrected chi connectivity index (χ3v) is 4.04. The lowest BCUT2D eigenvalue weighted by Gasteiger charge is -2.27. The molecule has 2 aliphatic rings. The van der Waals surface area contributed by atoms with Crippen LogP contribution in [0, 0.1) is 0 Å². The molecule has 0 aromatic heterocycles. The lowest BCUT2D eigenvalue weighted by Crippen LogP contribution is -2.51. The zero-order chi connectivity index (χ0) is 12.1. The Morgan fingerprint density at radius 2 is 2.06 bits per heavy atom. The molecule has 0 spiro atoms. The minimum atomic E-state index is 0.00632. The number of carbonyl (C=O) groups excluding carboxylic acids is 1. The lowest BCUT2D eigenvalue weighted by atomic mass is 9.96. The molecular weight excluding hydrogens is 214 g/mol. The average molecular weight is 239 g/mol. The van der Waals surface area contributed by atoms with Crippen LogP contribution in [0.1, 0.15) is 51.9 Å². The maximum atomic E-state index is 11.8. The molecule has 0 aromatic carbocycles. The molecule has 3 N–H and O–H groups in total. The van der Waals surface area contributed by atoms with E-state index < -0.39 is 0 Å². The van der Waals surface area contributed by atoms with Crippen LogP contribution in [0.25, 0.3) is 0 Å². The van der Waals surface area contributed by atoms with Gasteiger partial charge < -0.3 is 16.0 Å². The Balaban J connectivity index is 1.66. The van der Waals surface area contributed by atoms with Crippen molar-refractivity contribution in [3.63, 3.8) is 0 Å². The molecule has 17 heavy (non-hydrogen) atoms. The molecule has 1 atom stereocenters. The van der Waals surface area contributed by atoms with Gasteiger partial charge in [0.05, 0.1) is 0 Å². The molecule has 2 rings (SSSR count). The normalized spacial score (nSPS) is 30.2. The number of carbonyl (C=O) groups is 1. The van der Waals surface area contributed by atoms with E-state index >= 15 is 0 Å². The number of rotatable bonds is 3. The van der Waals surface area contributed by atoms with E-state index in [1.807, 2.05) is 0 Å². The highest BCUT2D eigenvalue weighted by Gasteiger charge is 2.28. The molecule has 4 nitrogen and oxygen atoms in total. The quantitative estimate of drug-likeness (QED) is 0.703. The van der Waals surface area contributed by atoms with Crippen LogP contribution in [0.15, 0.2) is 0 Å². The highest BCUT2D eigenvalue weighted by molar-refractivity contribution is 5.74. The van der Waals surface area contributed by atoms with Crippen LogP contribution in [0.5, 0.6) is 0 Å². The predicted molar refractivity (Wildman–Crippen MR) is 69.0 cm³/mol. The fourth-order valence-corrected chi connectivity index (χ4v) is 2.87. The van der Waals surface area contributed by atoms with Gasteiger partial charge in [-0.1, -0.05) is 19.3 Å². The number of amides is 2. The molecule has 1 aliphatic carbocycles. The first-order valence-corrected chi connectivity index (χ1v) is 6.97. The Morgan fingerprint density at radius 1 is 1.29 bits per heavy atom. The van der Waals surface area contributed by atoms with Crippen molar-refractivity contribution in [2.45, 2.75) is 63.5 Å². The number of hydrogen-bond acceptors (Lipinski definition) is 2.